The van der Waals surface area contributed by atoms with E-state index in [0.29, 0.717) is 12.8 Å². The van der Waals surface area contributed by atoms with E-state index in [0.717, 1.165) is 32.1 Å². The molecule has 1 aliphatic rings. The SMILES string of the molecule is O=C(CCCc1ccc2ccc3cccc4ccc1c2c34)N[C@@H](CO)C(=O)NC1CCCC1. The van der Waals surface area contributed by atoms with Crippen LogP contribution in [0.5, 0.6) is 0 Å². The van der Waals surface area contributed by atoms with Gasteiger partial charge in [0.05, 0.1) is 6.61 Å². The van der Waals surface area contributed by atoms with Gasteiger partial charge in [-0.15, -0.1) is 0 Å². The highest BCUT2D eigenvalue weighted by Gasteiger charge is 2.24. The highest BCUT2D eigenvalue weighted by Crippen LogP contribution is 2.36. The summed E-state index contributed by atoms with van der Waals surface area (Å²) in [6.45, 7) is -0.390. The van der Waals surface area contributed by atoms with Crippen molar-refractivity contribution in [3.05, 3.63) is 60.2 Å². The van der Waals surface area contributed by atoms with Gasteiger partial charge in [0.2, 0.25) is 11.8 Å². The van der Waals surface area contributed by atoms with Crippen LogP contribution in [0.2, 0.25) is 0 Å². The summed E-state index contributed by atoms with van der Waals surface area (Å²) >= 11 is 0. The summed E-state index contributed by atoms with van der Waals surface area (Å²) in [5.74, 6) is -0.488. The molecule has 1 aliphatic carbocycles. The largest absolute Gasteiger partial charge is 0.394 e. The molecular weight excluding hydrogens is 412 g/mol. The fourth-order valence-corrected chi connectivity index (χ4v) is 5.29. The lowest BCUT2D eigenvalue weighted by Gasteiger charge is -2.19. The molecule has 4 aromatic carbocycles. The number of nitrogens with one attached hydrogen (secondary N) is 2. The van der Waals surface area contributed by atoms with Crippen LogP contribution >= 0.6 is 0 Å². The standard InChI is InChI=1S/C28H30N2O3/c31-17-24(28(33)29-22-8-1-2-9-22)30-25(32)10-4-5-18-11-12-21-14-13-19-6-3-7-20-15-16-23(18)27(21)26(19)20/h3,6-7,11-16,22,24,31H,1-2,4-5,8-10,17H2,(H,29,33)(H,30,32)/t24-/m0/s1. The lowest BCUT2D eigenvalue weighted by molar-refractivity contribution is -0.130. The van der Waals surface area contributed by atoms with Gasteiger partial charge in [0.15, 0.2) is 0 Å². The predicted molar refractivity (Wildman–Crippen MR) is 132 cm³/mol. The van der Waals surface area contributed by atoms with Crippen molar-refractivity contribution in [2.45, 2.75) is 57.0 Å². The van der Waals surface area contributed by atoms with E-state index in [1.807, 2.05) is 0 Å². The van der Waals surface area contributed by atoms with Crippen LogP contribution in [-0.4, -0.2) is 35.6 Å². The average Bonchev–Trinajstić information content (AvgIpc) is 3.34. The maximum atomic E-state index is 12.5. The zero-order valence-electron chi connectivity index (χ0n) is 18.8. The number of carbonyl (C=O) groups excluding carboxylic acids is 2. The third-order valence-electron chi connectivity index (χ3n) is 7.00. The van der Waals surface area contributed by atoms with Crippen LogP contribution in [-0.2, 0) is 16.0 Å². The van der Waals surface area contributed by atoms with E-state index in [4.69, 9.17) is 0 Å². The maximum Gasteiger partial charge on any atom is 0.245 e. The monoisotopic (exact) mass is 442 g/mol. The molecule has 3 N–H and O–H groups in total. The van der Waals surface area contributed by atoms with E-state index in [1.165, 1.54) is 37.9 Å². The van der Waals surface area contributed by atoms with Gasteiger partial charge in [-0.25, -0.2) is 0 Å². The minimum Gasteiger partial charge on any atom is -0.394 e. The molecule has 0 aliphatic heterocycles. The zero-order valence-corrected chi connectivity index (χ0v) is 18.8. The third kappa shape index (κ3) is 4.38. The molecule has 4 aromatic rings. The molecule has 0 radical (unpaired) electrons. The van der Waals surface area contributed by atoms with Crippen LogP contribution in [0.1, 0.15) is 44.1 Å². The Bertz CT molecular complexity index is 1280. The summed E-state index contributed by atoms with van der Waals surface area (Å²) in [5.41, 5.74) is 1.23. The van der Waals surface area contributed by atoms with Crippen LogP contribution in [0.15, 0.2) is 54.6 Å². The van der Waals surface area contributed by atoms with E-state index in [1.54, 1.807) is 0 Å². The van der Waals surface area contributed by atoms with Gasteiger partial charge < -0.3 is 15.7 Å². The van der Waals surface area contributed by atoms with Crippen molar-refractivity contribution in [2.24, 2.45) is 0 Å². The Balaban J connectivity index is 1.24. The van der Waals surface area contributed by atoms with Crippen LogP contribution < -0.4 is 10.6 Å². The lowest BCUT2D eigenvalue weighted by atomic mass is 9.90. The second-order valence-corrected chi connectivity index (χ2v) is 9.23. The van der Waals surface area contributed by atoms with Gasteiger partial charge in [-0.1, -0.05) is 67.4 Å². The van der Waals surface area contributed by atoms with Crippen LogP contribution in [0.4, 0.5) is 0 Å². The van der Waals surface area contributed by atoms with Gasteiger partial charge in [0, 0.05) is 12.5 Å². The number of rotatable bonds is 8. The van der Waals surface area contributed by atoms with Crippen molar-refractivity contribution >= 4 is 44.1 Å². The topological polar surface area (TPSA) is 78.4 Å². The molecule has 1 fully saturated rings. The van der Waals surface area contributed by atoms with Crippen molar-refractivity contribution in [1.29, 1.82) is 0 Å². The van der Waals surface area contributed by atoms with E-state index in [9.17, 15) is 14.7 Å². The molecule has 2 amide bonds. The van der Waals surface area contributed by atoms with E-state index >= 15 is 0 Å². The van der Waals surface area contributed by atoms with E-state index in [-0.39, 0.29) is 24.5 Å². The van der Waals surface area contributed by atoms with E-state index in [2.05, 4.69) is 65.2 Å². The van der Waals surface area contributed by atoms with Crippen molar-refractivity contribution in [3.8, 4) is 0 Å². The fourth-order valence-electron chi connectivity index (χ4n) is 5.29. The minimum absolute atomic E-state index is 0.165. The molecule has 5 rings (SSSR count). The van der Waals surface area contributed by atoms with Gasteiger partial charge in [-0.3, -0.25) is 9.59 Å². The molecule has 0 aromatic heterocycles. The zero-order chi connectivity index (χ0) is 22.8. The van der Waals surface area contributed by atoms with Crippen LogP contribution in [0, 0.1) is 0 Å². The first-order valence-electron chi connectivity index (χ1n) is 12.0. The average molecular weight is 443 g/mol. The molecule has 1 saturated carbocycles. The van der Waals surface area contributed by atoms with Crippen molar-refractivity contribution in [1.82, 2.24) is 10.6 Å². The van der Waals surface area contributed by atoms with Crippen LogP contribution in [0.25, 0.3) is 32.3 Å². The molecule has 170 valence electrons. The number of amides is 2. The number of carbonyl (C=O) groups is 2. The Kier molecular flexibility index (Phi) is 6.14. The lowest BCUT2D eigenvalue weighted by Crippen LogP contribution is -2.51. The number of aryl methyl sites for hydroxylation is 1. The smallest absolute Gasteiger partial charge is 0.245 e. The molecule has 5 heteroatoms. The molecule has 0 spiro atoms. The quantitative estimate of drug-likeness (QED) is 0.353. The highest BCUT2D eigenvalue weighted by molar-refractivity contribution is 6.23. The second kappa shape index (κ2) is 9.36. The summed E-state index contributed by atoms with van der Waals surface area (Å²) in [6, 6.07) is 18.7. The van der Waals surface area contributed by atoms with Gasteiger partial charge in [0.1, 0.15) is 6.04 Å². The van der Waals surface area contributed by atoms with Crippen molar-refractivity contribution < 1.29 is 14.7 Å². The van der Waals surface area contributed by atoms with Crippen molar-refractivity contribution in [3.63, 3.8) is 0 Å². The van der Waals surface area contributed by atoms with Gasteiger partial charge in [-0.05, 0) is 63.6 Å². The Morgan fingerprint density at radius 3 is 2.30 bits per heavy atom. The second-order valence-electron chi connectivity index (χ2n) is 9.23. The Morgan fingerprint density at radius 1 is 0.909 bits per heavy atom. The molecular formula is C28H30N2O3. The van der Waals surface area contributed by atoms with Crippen LogP contribution in [0.3, 0.4) is 0 Å². The Hall–Kier alpha value is -3.18. The van der Waals surface area contributed by atoms with E-state index < -0.39 is 6.04 Å². The Morgan fingerprint density at radius 2 is 1.58 bits per heavy atom. The maximum absolute atomic E-state index is 12.5. The normalized spacial score (nSPS) is 15.4. The number of benzene rings is 4. The number of hydrogen-bond donors (Lipinski definition) is 3. The first kappa shape index (κ1) is 21.7. The minimum atomic E-state index is -0.882. The first-order valence-corrected chi connectivity index (χ1v) is 12.0. The highest BCUT2D eigenvalue weighted by atomic mass is 16.3. The number of aliphatic hydroxyl groups excluding tert-OH is 1. The molecule has 0 bridgehead atoms. The van der Waals surface area contributed by atoms with Gasteiger partial charge in [-0.2, -0.15) is 0 Å². The number of aliphatic hydroxyl groups is 1. The predicted octanol–water partition coefficient (Wildman–Crippen LogP) is 4.44. The van der Waals surface area contributed by atoms with Crippen molar-refractivity contribution in [2.75, 3.05) is 6.61 Å². The summed E-state index contributed by atoms with van der Waals surface area (Å²) in [6.07, 6.45) is 5.94. The Labute approximate surface area is 193 Å². The molecule has 1 atom stereocenters. The molecule has 0 unspecified atom stereocenters. The number of hydrogen-bond acceptors (Lipinski definition) is 3. The van der Waals surface area contributed by atoms with Gasteiger partial charge in [0.25, 0.3) is 0 Å². The third-order valence-corrected chi connectivity index (χ3v) is 7.00. The summed E-state index contributed by atoms with van der Waals surface area (Å²) in [4.78, 5) is 24.9. The first-order chi connectivity index (χ1) is 16.1. The fraction of sp³-hybridized carbons (Fsp3) is 0.357. The molecule has 33 heavy (non-hydrogen) atoms. The van der Waals surface area contributed by atoms with Gasteiger partial charge >= 0.3 is 0 Å². The molecule has 0 saturated heterocycles. The summed E-state index contributed by atoms with van der Waals surface area (Å²) in [7, 11) is 0. The molecule has 0 heterocycles. The summed E-state index contributed by atoms with van der Waals surface area (Å²) < 4.78 is 0. The molecule has 5 nitrogen and oxygen atoms in total. The summed E-state index contributed by atoms with van der Waals surface area (Å²) in [5, 5.41) is 22.8.